The molecule has 0 aromatic carbocycles. The lowest BCUT2D eigenvalue weighted by molar-refractivity contribution is -0.0835. The fourth-order valence-electron chi connectivity index (χ4n) is 4.02. The van der Waals surface area contributed by atoms with Crippen molar-refractivity contribution in [3.63, 3.8) is 0 Å². The molecular weight excluding hydrogens is 356 g/mol. The van der Waals surface area contributed by atoms with E-state index in [9.17, 15) is 0 Å². The van der Waals surface area contributed by atoms with E-state index >= 15 is 0 Å². The van der Waals surface area contributed by atoms with Crippen LogP contribution in [0.5, 0.6) is 0 Å². The number of rotatable bonds is 15. The standard InChI is InChI=1S/C21H44N4O3/c1-26-18-6-4-3-5-8-22-9-13-24(14-10-22)25-15-11-23(12-16-25)17-21-28-20-7-19-27-2/h3-21H2,1-2H3. The van der Waals surface area contributed by atoms with Gasteiger partial charge in [0.2, 0.25) is 0 Å². The van der Waals surface area contributed by atoms with Crippen molar-refractivity contribution in [2.24, 2.45) is 0 Å². The van der Waals surface area contributed by atoms with Crippen molar-refractivity contribution in [1.29, 1.82) is 0 Å². The minimum Gasteiger partial charge on any atom is -0.385 e. The van der Waals surface area contributed by atoms with Crippen molar-refractivity contribution < 1.29 is 14.2 Å². The van der Waals surface area contributed by atoms with Crippen LogP contribution in [0.2, 0.25) is 0 Å². The highest BCUT2D eigenvalue weighted by atomic mass is 16.5. The van der Waals surface area contributed by atoms with Crippen molar-refractivity contribution in [1.82, 2.24) is 19.8 Å². The van der Waals surface area contributed by atoms with Crippen LogP contribution in [-0.2, 0) is 14.2 Å². The molecule has 0 spiro atoms. The summed E-state index contributed by atoms with van der Waals surface area (Å²) in [6.45, 7) is 15.1. The Hall–Kier alpha value is -0.280. The van der Waals surface area contributed by atoms with Crippen molar-refractivity contribution in [2.75, 3.05) is 106 Å². The number of ether oxygens (including phenoxy) is 3. The van der Waals surface area contributed by atoms with Crippen LogP contribution >= 0.6 is 0 Å². The lowest BCUT2D eigenvalue weighted by atomic mass is 10.2. The fraction of sp³-hybridized carbons (Fsp3) is 1.00. The van der Waals surface area contributed by atoms with E-state index < -0.39 is 0 Å². The number of nitrogens with zero attached hydrogens (tertiary/aromatic N) is 4. The number of methoxy groups -OCH3 is 2. The summed E-state index contributed by atoms with van der Waals surface area (Å²) in [6.07, 6.45) is 6.16. The Balaban J connectivity index is 1.47. The normalized spacial score (nSPS) is 20.8. The highest BCUT2D eigenvalue weighted by Gasteiger charge is 2.25. The molecule has 7 heteroatoms. The second-order valence-corrected chi connectivity index (χ2v) is 7.96. The van der Waals surface area contributed by atoms with E-state index in [1.54, 1.807) is 14.2 Å². The molecule has 0 N–H and O–H groups in total. The molecule has 7 nitrogen and oxygen atoms in total. The third kappa shape index (κ3) is 9.96. The van der Waals surface area contributed by atoms with Crippen molar-refractivity contribution in [3.8, 4) is 0 Å². The highest BCUT2D eigenvalue weighted by Crippen LogP contribution is 2.11. The molecule has 0 amide bonds. The van der Waals surface area contributed by atoms with Crippen molar-refractivity contribution >= 4 is 0 Å². The first-order valence-corrected chi connectivity index (χ1v) is 11.3. The first-order valence-electron chi connectivity index (χ1n) is 11.3. The maximum absolute atomic E-state index is 5.70. The van der Waals surface area contributed by atoms with Gasteiger partial charge in [0, 0.05) is 92.9 Å². The summed E-state index contributed by atoms with van der Waals surface area (Å²) in [5, 5.41) is 5.17. The van der Waals surface area contributed by atoms with Gasteiger partial charge in [0.15, 0.2) is 0 Å². The molecule has 0 aliphatic carbocycles. The van der Waals surface area contributed by atoms with Gasteiger partial charge in [-0.2, -0.15) is 0 Å². The van der Waals surface area contributed by atoms with E-state index in [4.69, 9.17) is 14.2 Å². The molecule has 2 rings (SSSR count). The van der Waals surface area contributed by atoms with E-state index in [0.29, 0.717) is 0 Å². The monoisotopic (exact) mass is 400 g/mol. The van der Waals surface area contributed by atoms with Gasteiger partial charge in [-0.1, -0.05) is 12.8 Å². The molecule has 2 aliphatic heterocycles. The number of hydrazine groups is 1. The van der Waals surface area contributed by atoms with Gasteiger partial charge >= 0.3 is 0 Å². The summed E-state index contributed by atoms with van der Waals surface area (Å²) in [6, 6.07) is 0. The average Bonchev–Trinajstić information content (AvgIpc) is 2.74. The van der Waals surface area contributed by atoms with E-state index in [-0.39, 0.29) is 0 Å². The maximum Gasteiger partial charge on any atom is 0.0593 e. The Morgan fingerprint density at radius 3 is 1.64 bits per heavy atom. The van der Waals surface area contributed by atoms with E-state index in [1.165, 1.54) is 58.4 Å². The number of piperazine rings is 2. The zero-order chi connectivity index (χ0) is 19.9. The minimum atomic E-state index is 0.792. The Morgan fingerprint density at radius 1 is 0.500 bits per heavy atom. The van der Waals surface area contributed by atoms with Crippen LogP contribution in [0.25, 0.3) is 0 Å². The number of hydrogen-bond acceptors (Lipinski definition) is 7. The molecule has 0 bridgehead atoms. The molecule has 28 heavy (non-hydrogen) atoms. The molecule has 0 atom stereocenters. The number of hydrogen-bond donors (Lipinski definition) is 0. The third-order valence-corrected chi connectivity index (χ3v) is 5.86. The SMILES string of the molecule is COCCCCCCN1CCN(N2CCN(CCOCCCOC)CC2)CC1. The molecule has 0 radical (unpaired) electrons. The molecular formula is C21H44N4O3. The van der Waals surface area contributed by atoms with Gasteiger partial charge < -0.3 is 19.1 Å². The van der Waals surface area contributed by atoms with E-state index in [2.05, 4.69) is 19.8 Å². The summed E-state index contributed by atoms with van der Waals surface area (Å²) in [5.41, 5.74) is 0. The summed E-state index contributed by atoms with van der Waals surface area (Å²) >= 11 is 0. The first-order chi connectivity index (χ1) is 13.8. The lowest BCUT2D eigenvalue weighted by Crippen LogP contribution is -2.59. The summed E-state index contributed by atoms with van der Waals surface area (Å²) < 4.78 is 15.9. The lowest BCUT2D eigenvalue weighted by Gasteiger charge is -2.44. The average molecular weight is 401 g/mol. The van der Waals surface area contributed by atoms with Crippen LogP contribution in [0.3, 0.4) is 0 Å². The largest absolute Gasteiger partial charge is 0.385 e. The zero-order valence-corrected chi connectivity index (χ0v) is 18.4. The summed E-state index contributed by atoms with van der Waals surface area (Å²) in [7, 11) is 3.53. The fourth-order valence-corrected chi connectivity index (χ4v) is 4.02. The van der Waals surface area contributed by atoms with E-state index in [0.717, 1.165) is 65.6 Å². The Bertz CT molecular complexity index is 326. The topological polar surface area (TPSA) is 40.7 Å². The van der Waals surface area contributed by atoms with Gasteiger partial charge in [-0.25, -0.2) is 10.0 Å². The predicted molar refractivity (Wildman–Crippen MR) is 114 cm³/mol. The third-order valence-electron chi connectivity index (χ3n) is 5.86. The maximum atomic E-state index is 5.70. The highest BCUT2D eigenvalue weighted by molar-refractivity contribution is 4.75. The zero-order valence-electron chi connectivity index (χ0n) is 18.4. The van der Waals surface area contributed by atoms with Crippen LogP contribution in [0.1, 0.15) is 32.1 Å². The van der Waals surface area contributed by atoms with Gasteiger partial charge in [0.25, 0.3) is 0 Å². The Morgan fingerprint density at radius 2 is 1.04 bits per heavy atom. The van der Waals surface area contributed by atoms with Gasteiger partial charge in [-0.05, 0) is 25.8 Å². The molecule has 2 heterocycles. The van der Waals surface area contributed by atoms with Crippen LogP contribution in [0, 0.1) is 0 Å². The smallest absolute Gasteiger partial charge is 0.0593 e. The molecule has 0 saturated carbocycles. The molecule has 2 fully saturated rings. The second-order valence-electron chi connectivity index (χ2n) is 7.96. The van der Waals surface area contributed by atoms with Gasteiger partial charge in [0.05, 0.1) is 6.61 Å². The Labute approximate surface area is 172 Å². The van der Waals surface area contributed by atoms with Crippen molar-refractivity contribution in [3.05, 3.63) is 0 Å². The molecule has 2 saturated heterocycles. The molecule has 2 aliphatic rings. The number of unbranched alkanes of at least 4 members (excludes halogenated alkanes) is 3. The molecule has 166 valence electrons. The van der Waals surface area contributed by atoms with Gasteiger partial charge in [-0.3, -0.25) is 4.90 Å². The minimum absolute atomic E-state index is 0.792. The predicted octanol–water partition coefficient (Wildman–Crippen LogP) is 1.40. The van der Waals surface area contributed by atoms with Crippen LogP contribution < -0.4 is 0 Å². The molecule has 0 aromatic rings. The van der Waals surface area contributed by atoms with Crippen molar-refractivity contribution in [2.45, 2.75) is 32.1 Å². The van der Waals surface area contributed by atoms with Crippen LogP contribution in [0.15, 0.2) is 0 Å². The molecule has 0 unspecified atom stereocenters. The van der Waals surface area contributed by atoms with Gasteiger partial charge in [-0.15, -0.1) is 0 Å². The Kier molecular flexibility index (Phi) is 13.3. The second kappa shape index (κ2) is 15.5. The first kappa shape index (κ1) is 24.0. The van der Waals surface area contributed by atoms with E-state index in [1.807, 2.05) is 0 Å². The van der Waals surface area contributed by atoms with Crippen LogP contribution in [-0.4, -0.2) is 126 Å². The van der Waals surface area contributed by atoms with Crippen LogP contribution in [0.4, 0.5) is 0 Å². The molecule has 0 aromatic heterocycles. The van der Waals surface area contributed by atoms with Gasteiger partial charge in [0.1, 0.15) is 0 Å². The quantitative estimate of drug-likeness (QED) is 0.385. The summed E-state index contributed by atoms with van der Waals surface area (Å²) in [4.78, 5) is 5.18. The summed E-state index contributed by atoms with van der Waals surface area (Å²) in [5.74, 6) is 0.